The minimum absolute atomic E-state index is 0.000229. The van der Waals surface area contributed by atoms with Gasteiger partial charge in [-0.2, -0.15) is 0 Å². The summed E-state index contributed by atoms with van der Waals surface area (Å²) in [6, 6.07) is 8.70. The largest absolute Gasteiger partial charge is 0.489 e. The second kappa shape index (κ2) is 7.39. The fraction of sp³-hybridized carbons (Fsp3) is 0.222. The molecule has 0 saturated carbocycles. The number of hydrogen-bond donors (Lipinski definition) is 0. The van der Waals surface area contributed by atoms with E-state index in [1.165, 1.54) is 6.07 Å². The number of benzene rings is 1. The van der Waals surface area contributed by atoms with Crippen molar-refractivity contribution in [1.82, 2.24) is 5.16 Å². The molecule has 3 heterocycles. The van der Waals surface area contributed by atoms with Crippen molar-refractivity contribution in [3.63, 3.8) is 0 Å². The number of hydrogen-bond acceptors (Lipinski definition) is 7. The number of halogens is 1. The molecule has 8 heteroatoms. The number of fused-ring (bicyclic) bond motifs is 1. The van der Waals surface area contributed by atoms with Gasteiger partial charge < -0.3 is 18.7 Å². The number of aromatic nitrogens is 1. The van der Waals surface area contributed by atoms with Crippen molar-refractivity contribution in [2.45, 2.75) is 13.0 Å². The number of esters is 1. The maximum Gasteiger partial charge on any atom is 0.338 e. The summed E-state index contributed by atoms with van der Waals surface area (Å²) in [6.07, 6.45) is 0.753. The molecule has 134 valence electrons. The van der Waals surface area contributed by atoms with E-state index in [0.29, 0.717) is 46.8 Å². The van der Waals surface area contributed by atoms with Gasteiger partial charge in [0, 0.05) is 12.5 Å². The maximum absolute atomic E-state index is 12.3. The first kappa shape index (κ1) is 16.9. The topological polar surface area (TPSA) is 70.8 Å². The van der Waals surface area contributed by atoms with Crippen molar-refractivity contribution in [3.8, 4) is 22.1 Å². The molecule has 6 nitrogen and oxygen atoms in total. The molecule has 26 heavy (non-hydrogen) atoms. The molecule has 0 spiro atoms. The third-order valence-electron chi connectivity index (χ3n) is 3.71. The van der Waals surface area contributed by atoms with Gasteiger partial charge in [0.2, 0.25) is 0 Å². The van der Waals surface area contributed by atoms with E-state index in [2.05, 4.69) is 5.16 Å². The normalized spacial score (nSPS) is 13.3. The van der Waals surface area contributed by atoms with Gasteiger partial charge in [-0.25, -0.2) is 4.79 Å². The zero-order valence-corrected chi connectivity index (χ0v) is 15.1. The van der Waals surface area contributed by atoms with E-state index in [9.17, 15) is 4.79 Å². The first-order valence-corrected chi connectivity index (χ1v) is 9.22. The Morgan fingerprint density at radius 2 is 2.15 bits per heavy atom. The maximum atomic E-state index is 12.3. The van der Waals surface area contributed by atoms with E-state index < -0.39 is 5.97 Å². The molecular formula is C18H14ClNO5S. The van der Waals surface area contributed by atoms with Gasteiger partial charge in [-0.15, -0.1) is 11.3 Å². The first-order valence-electron chi connectivity index (χ1n) is 7.96. The third kappa shape index (κ3) is 3.54. The van der Waals surface area contributed by atoms with Crippen LogP contribution in [0.15, 0.2) is 40.2 Å². The lowest BCUT2D eigenvalue weighted by atomic mass is 10.2. The average Bonchev–Trinajstić information content (AvgIpc) is 3.27. The summed E-state index contributed by atoms with van der Waals surface area (Å²) in [6.45, 7) is 1.03. The number of rotatable bonds is 4. The number of thiophene rings is 1. The van der Waals surface area contributed by atoms with E-state index >= 15 is 0 Å². The molecule has 0 saturated heterocycles. The van der Waals surface area contributed by atoms with Crippen LogP contribution in [0.4, 0.5) is 0 Å². The Bertz CT molecular complexity index is 922. The van der Waals surface area contributed by atoms with E-state index in [1.807, 2.05) is 17.5 Å². The van der Waals surface area contributed by atoms with Crippen LogP contribution in [0.3, 0.4) is 0 Å². The Hall–Kier alpha value is -2.51. The highest BCUT2D eigenvalue weighted by molar-refractivity contribution is 7.13. The summed E-state index contributed by atoms with van der Waals surface area (Å²) >= 11 is 7.75. The number of nitrogens with zero attached hydrogens (tertiary/aromatic N) is 1. The molecule has 2 aromatic heterocycles. The molecular weight excluding hydrogens is 378 g/mol. The standard InChI is InChI=1S/C18H14ClNO5S/c19-13-7-11(8-15-17(13)23-5-2-4-22-15)18(21)24-10-12-9-14(25-20-12)16-3-1-6-26-16/h1,3,6-9H,2,4-5,10H2. The first-order chi connectivity index (χ1) is 12.7. The molecule has 0 amide bonds. The van der Waals surface area contributed by atoms with E-state index in [1.54, 1.807) is 23.5 Å². The molecule has 0 bridgehead atoms. The van der Waals surface area contributed by atoms with Gasteiger partial charge in [-0.05, 0) is 23.6 Å². The summed E-state index contributed by atoms with van der Waals surface area (Å²) in [7, 11) is 0. The predicted molar refractivity (Wildman–Crippen MR) is 96.0 cm³/mol. The van der Waals surface area contributed by atoms with Gasteiger partial charge in [-0.3, -0.25) is 0 Å². The van der Waals surface area contributed by atoms with Crippen LogP contribution in [0.1, 0.15) is 22.5 Å². The Morgan fingerprint density at radius 3 is 3.00 bits per heavy atom. The van der Waals surface area contributed by atoms with Gasteiger partial charge in [-0.1, -0.05) is 22.8 Å². The van der Waals surface area contributed by atoms with Crippen LogP contribution in [0.5, 0.6) is 11.5 Å². The van der Waals surface area contributed by atoms with Crippen LogP contribution in [-0.4, -0.2) is 24.3 Å². The summed E-state index contributed by atoms with van der Waals surface area (Å²) in [5.41, 5.74) is 0.823. The Labute approximate surface area is 158 Å². The minimum atomic E-state index is -0.525. The highest BCUT2D eigenvalue weighted by Gasteiger charge is 2.19. The third-order valence-corrected chi connectivity index (χ3v) is 4.88. The van der Waals surface area contributed by atoms with Crippen molar-refractivity contribution in [3.05, 3.63) is 52.0 Å². The molecule has 0 fully saturated rings. The quantitative estimate of drug-likeness (QED) is 0.606. The van der Waals surface area contributed by atoms with Crippen LogP contribution in [-0.2, 0) is 11.3 Å². The second-order valence-electron chi connectivity index (χ2n) is 5.57. The molecule has 4 rings (SSSR count). The Balaban J connectivity index is 1.45. The summed E-state index contributed by atoms with van der Waals surface area (Å²) < 4.78 is 21.7. The van der Waals surface area contributed by atoms with E-state index in [0.717, 1.165) is 11.3 Å². The molecule has 0 atom stereocenters. The Morgan fingerprint density at radius 1 is 1.27 bits per heavy atom. The molecule has 0 radical (unpaired) electrons. The summed E-state index contributed by atoms with van der Waals surface area (Å²) in [5, 5.41) is 6.19. The average molecular weight is 392 g/mol. The number of carbonyl (C=O) groups excluding carboxylic acids is 1. The van der Waals surface area contributed by atoms with Gasteiger partial charge >= 0.3 is 5.97 Å². The highest BCUT2D eigenvalue weighted by Crippen LogP contribution is 2.38. The van der Waals surface area contributed by atoms with Crippen molar-refractivity contribution in [1.29, 1.82) is 0 Å². The molecule has 0 unspecified atom stereocenters. The van der Waals surface area contributed by atoms with Crippen LogP contribution >= 0.6 is 22.9 Å². The SMILES string of the molecule is O=C(OCc1cc(-c2cccs2)on1)c1cc(Cl)c2c(c1)OCCCO2. The summed E-state index contributed by atoms with van der Waals surface area (Å²) in [5.74, 6) is 1.02. The van der Waals surface area contributed by atoms with Crippen molar-refractivity contribution >= 4 is 28.9 Å². The van der Waals surface area contributed by atoms with Crippen molar-refractivity contribution in [2.24, 2.45) is 0 Å². The van der Waals surface area contributed by atoms with E-state index in [-0.39, 0.29) is 6.61 Å². The fourth-order valence-corrected chi connectivity index (χ4v) is 3.42. The molecule has 1 aliphatic heterocycles. The van der Waals surface area contributed by atoms with Gasteiger partial charge in [0.15, 0.2) is 17.3 Å². The number of ether oxygens (including phenoxy) is 3. The monoisotopic (exact) mass is 391 g/mol. The van der Waals surface area contributed by atoms with Gasteiger partial charge in [0.25, 0.3) is 0 Å². The lowest BCUT2D eigenvalue weighted by Gasteiger charge is -2.11. The van der Waals surface area contributed by atoms with Gasteiger partial charge in [0.1, 0.15) is 12.3 Å². The summed E-state index contributed by atoms with van der Waals surface area (Å²) in [4.78, 5) is 13.3. The fourth-order valence-electron chi connectivity index (χ4n) is 2.49. The molecule has 0 N–H and O–H groups in total. The Kier molecular flexibility index (Phi) is 4.81. The smallest absolute Gasteiger partial charge is 0.338 e. The van der Waals surface area contributed by atoms with Crippen LogP contribution in [0.25, 0.3) is 10.6 Å². The molecule has 1 aromatic carbocycles. The highest BCUT2D eigenvalue weighted by atomic mass is 35.5. The zero-order valence-electron chi connectivity index (χ0n) is 13.6. The van der Waals surface area contributed by atoms with Gasteiger partial charge in [0.05, 0.1) is 28.7 Å². The molecule has 3 aromatic rings. The van der Waals surface area contributed by atoms with Crippen molar-refractivity contribution in [2.75, 3.05) is 13.2 Å². The molecule has 0 aliphatic carbocycles. The van der Waals surface area contributed by atoms with E-state index in [4.69, 9.17) is 30.3 Å². The lowest BCUT2D eigenvalue weighted by molar-refractivity contribution is 0.0464. The van der Waals surface area contributed by atoms with Crippen LogP contribution in [0.2, 0.25) is 5.02 Å². The molecule has 1 aliphatic rings. The van der Waals surface area contributed by atoms with Crippen molar-refractivity contribution < 1.29 is 23.5 Å². The second-order valence-corrected chi connectivity index (χ2v) is 6.93. The van der Waals surface area contributed by atoms with Crippen LogP contribution in [0, 0.1) is 0 Å². The lowest BCUT2D eigenvalue weighted by Crippen LogP contribution is -2.06. The van der Waals surface area contributed by atoms with Crippen LogP contribution < -0.4 is 9.47 Å². The zero-order chi connectivity index (χ0) is 17.9. The number of carbonyl (C=O) groups is 1. The predicted octanol–water partition coefficient (Wildman–Crippen LogP) is 4.57. The minimum Gasteiger partial charge on any atom is -0.489 e.